The Morgan fingerprint density at radius 2 is 2.14 bits per heavy atom. The van der Waals surface area contributed by atoms with Crippen molar-refractivity contribution in [3.05, 3.63) is 24.2 Å². The lowest BCUT2D eigenvalue weighted by Crippen LogP contribution is -2.42. The fourth-order valence-corrected chi connectivity index (χ4v) is 3.43. The Kier molecular flexibility index (Phi) is 5.72. The monoisotopic (exact) mass is 292 g/mol. The summed E-state index contributed by atoms with van der Waals surface area (Å²) in [7, 11) is 0. The topological polar surface area (TPSA) is 37.6 Å². The molecule has 0 spiro atoms. The summed E-state index contributed by atoms with van der Waals surface area (Å²) in [4.78, 5) is 2.49. The van der Waals surface area contributed by atoms with Crippen LogP contribution in [-0.2, 0) is 11.3 Å². The van der Waals surface area contributed by atoms with Gasteiger partial charge in [-0.2, -0.15) is 0 Å². The van der Waals surface area contributed by atoms with E-state index in [0.29, 0.717) is 6.04 Å². The summed E-state index contributed by atoms with van der Waals surface area (Å²) in [6.45, 7) is 6.45. The van der Waals surface area contributed by atoms with E-state index in [-0.39, 0.29) is 0 Å². The van der Waals surface area contributed by atoms with Gasteiger partial charge in [0.15, 0.2) is 0 Å². The van der Waals surface area contributed by atoms with Gasteiger partial charge >= 0.3 is 0 Å². The molecule has 118 valence electrons. The maximum atomic E-state index is 5.43. The van der Waals surface area contributed by atoms with E-state index in [9.17, 15) is 0 Å². The Labute approximate surface area is 127 Å². The van der Waals surface area contributed by atoms with Gasteiger partial charge in [-0.1, -0.05) is 0 Å². The number of rotatable bonds is 7. The first-order valence-electron chi connectivity index (χ1n) is 8.46. The summed E-state index contributed by atoms with van der Waals surface area (Å²) in [6, 6.07) is 4.74. The average Bonchev–Trinajstić information content (AvgIpc) is 3.19. The van der Waals surface area contributed by atoms with Crippen molar-refractivity contribution < 1.29 is 9.15 Å². The molecule has 3 rings (SSSR count). The third-order valence-corrected chi connectivity index (χ3v) is 4.79. The van der Waals surface area contributed by atoms with E-state index in [4.69, 9.17) is 9.15 Å². The van der Waals surface area contributed by atoms with Crippen LogP contribution in [0.1, 0.15) is 37.9 Å². The number of ether oxygens (including phenoxy) is 1. The predicted octanol–water partition coefficient (Wildman–Crippen LogP) is 2.65. The van der Waals surface area contributed by atoms with Crippen LogP contribution in [-0.4, -0.2) is 43.8 Å². The van der Waals surface area contributed by atoms with Crippen molar-refractivity contribution in [2.24, 2.45) is 5.92 Å². The zero-order valence-electron chi connectivity index (χ0n) is 12.9. The van der Waals surface area contributed by atoms with Crippen LogP contribution < -0.4 is 5.32 Å². The van der Waals surface area contributed by atoms with Gasteiger partial charge in [-0.15, -0.1) is 0 Å². The van der Waals surface area contributed by atoms with Crippen molar-refractivity contribution >= 4 is 0 Å². The molecule has 0 saturated carbocycles. The summed E-state index contributed by atoms with van der Waals surface area (Å²) in [5, 5.41) is 3.73. The molecule has 1 N–H and O–H groups in total. The largest absolute Gasteiger partial charge is 0.468 e. The number of nitrogens with zero attached hydrogens (tertiary/aromatic N) is 1. The molecule has 0 bridgehead atoms. The fraction of sp³-hybridized carbons (Fsp3) is 0.765. The van der Waals surface area contributed by atoms with Crippen LogP contribution in [0.25, 0.3) is 0 Å². The lowest BCUT2D eigenvalue weighted by atomic mass is 10.0. The highest BCUT2D eigenvalue weighted by molar-refractivity contribution is 4.98. The van der Waals surface area contributed by atoms with Crippen LogP contribution in [0, 0.1) is 5.92 Å². The van der Waals surface area contributed by atoms with Crippen LogP contribution in [0.5, 0.6) is 0 Å². The van der Waals surface area contributed by atoms with Gasteiger partial charge in [-0.05, 0) is 56.7 Å². The van der Waals surface area contributed by atoms with Crippen molar-refractivity contribution in [2.75, 3.05) is 32.8 Å². The molecule has 0 amide bonds. The summed E-state index contributed by atoms with van der Waals surface area (Å²) in [5.41, 5.74) is 0. The lowest BCUT2D eigenvalue weighted by Gasteiger charge is -2.32. The second kappa shape index (κ2) is 7.97. The minimum absolute atomic E-state index is 0.706. The number of likely N-dealkylation sites (tertiary alicyclic amines) is 1. The Morgan fingerprint density at radius 1 is 1.24 bits per heavy atom. The van der Waals surface area contributed by atoms with Crippen LogP contribution in [0.4, 0.5) is 0 Å². The predicted molar refractivity (Wildman–Crippen MR) is 83.2 cm³/mol. The van der Waals surface area contributed by atoms with Crippen molar-refractivity contribution in [3.8, 4) is 0 Å². The molecule has 2 saturated heterocycles. The zero-order chi connectivity index (χ0) is 14.3. The molecule has 2 aliphatic rings. The van der Waals surface area contributed by atoms with Gasteiger partial charge in [0.25, 0.3) is 0 Å². The maximum absolute atomic E-state index is 5.43. The second-order valence-electron chi connectivity index (χ2n) is 6.46. The minimum Gasteiger partial charge on any atom is -0.468 e. The van der Waals surface area contributed by atoms with E-state index in [2.05, 4.69) is 16.3 Å². The van der Waals surface area contributed by atoms with E-state index in [0.717, 1.165) is 31.4 Å². The molecule has 4 heteroatoms. The van der Waals surface area contributed by atoms with Crippen molar-refractivity contribution in [3.63, 3.8) is 0 Å². The van der Waals surface area contributed by atoms with Crippen molar-refractivity contribution in [1.82, 2.24) is 10.2 Å². The molecule has 2 fully saturated rings. The SMILES string of the molecule is c1coc(CN2CCC(NCCCC3CCOC3)CC2)c1. The third-order valence-electron chi connectivity index (χ3n) is 4.79. The van der Waals surface area contributed by atoms with Crippen LogP contribution >= 0.6 is 0 Å². The summed E-state index contributed by atoms with van der Waals surface area (Å²) in [5.74, 6) is 1.90. The van der Waals surface area contributed by atoms with E-state index >= 15 is 0 Å². The van der Waals surface area contributed by atoms with Gasteiger partial charge in [0, 0.05) is 32.3 Å². The van der Waals surface area contributed by atoms with E-state index < -0.39 is 0 Å². The number of hydrogen-bond donors (Lipinski definition) is 1. The van der Waals surface area contributed by atoms with Crippen LogP contribution in [0.2, 0.25) is 0 Å². The zero-order valence-corrected chi connectivity index (χ0v) is 12.9. The first kappa shape index (κ1) is 15.1. The highest BCUT2D eigenvalue weighted by Gasteiger charge is 2.20. The number of piperidine rings is 1. The second-order valence-corrected chi connectivity index (χ2v) is 6.46. The van der Waals surface area contributed by atoms with Crippen LogP contribution in [0.3, 0.4) is 0 Å². The highest BCUT2D eigenvalue weighted by atomic mass is 16.5. The molecule has 2 aliphatic heterocycles. The molecule has 3 heterocycles. The van der Waals surface area contributed by atoms with Gasteiger partial charge in [-0.25, -0.2) is 0 Å². The van der Waals surface area contributed by atoms with Gasteiger partial charge in [0.05, 0.1) is 12.8 Å². The van der Waals surface area contributed by atoms with E-state index in [1.165, 1.54) is 51.7 Å². The first-order valence-corrected chi connectivity index (χ1v) is 8.46. The van der Waals surface area contributed by atoms with Crippen molar-refractivity contribution in [1.29, 1.82) is 0 Å². The molecule has 1 atom stereocenters. The molecule has 4 nitrogen and oxygen atoms in total. The van der Waals surface area contributed by atoms with Gasteiger partial charge in [-0.3, -0.25) is 4.90 Å². The molecular formula is C17H28N2O2. The van der Waals surface area contributed by atoms with Gasteiger partial charge < -0.3 is 14.5 Å². The number of nitrogens with one attached hydrogen (secondary N) is 1. The highest BCUT2D eigenvalue weighted by Crippen LogP contribution is 2.18. The molecular weight excluding hydrogens is 264 g/mol. The quantitative estimate of drug-likeness (QED) is 0.784. The fourth-order valence-electron chi connectivity index (χ4n) is 3.43. The summed E-state index contributed by atoms with van der Waals surface area (Å²) >= 11 is 0. The normalized spacial score (nSPS) is 24.7. The van der Waals surface area contributed by atoms with E-state index in [1.54, 1.807) is 6.26 Å². The van der Waals surface area contributed by atoms with Crippen LogP contribution in [0.15, 0.2) is 22.8 Å². The number of hydrogen-bond acceptors (Lipinski definition) is 4. The standard InChI is InChI=1S/C17H28N2O2/c1(3-15-7-12-20-14-15)8-18-16-5-9-19(10-6-16)13-17-4-2-11-21-17/h2,4,11,15-16,18H,1,3,5-10,12-14H2. The molecule has 0 aliphatic carbocycles. The average molecular weight is 292 g/mol. The number of furan rings is 1. The molecule has 1 unspecified atom stereocenters. The molecule has 1 aromatic heterocycles. The first-order chi connectivity index (χ1) is 10.4. The maximum Gasteiger partial charge on any atom is 0.117 e. The molecule has 1 aromatic rings. The Hall–Kier alpha value is -0.840. The molecule has 0 aromatic carbocycles. The molecule has 21 heavy (non-hydrogen) atoms. The summed E-state index contributed by atoms with van der Waals surface area (Å²) in [6.07, 6.45) is 8.16. The lowest BCUT2D eigenvalue weighted by molar-refractivity contribution is 0.176. The smallest absolute Gasteiger partial charge is 0.117 e. The Balaban J connectivity index is 1.25. The minimum atomic E-state index is 0.706. The summed E-state index contributed by atoms with van der Waals surface area (Å²) < 4.78 is 10.8. The van der Waals surface area contributed by atoms with Crippen molar-refractivity contribution in [2.45, 2.75) is 44.7 Å². The van der Waals surface area contributed by atoms with Gasteiger partial charge in [0.2, 0.25) is 0 Å². The van der Waals surface area contributed by atoms with Gasteiger partial charge in [0.1, 0.15) is 5.76 Å². The molecule has 0 radical (unpaired) electrons. The Bertz CT molecular complexity index is 380. The third kappa shape index (κ3) is 4.83. The Morgan fingerprint density at radius 3 is 2.86 bits per heavy atom. The van der Waals surface area contributed by atoms with E-state index in [1.807, 2.05) is 6.07 Å².